The van der Waals surface area contributed by atoms with Gasteiger partial charge in [-0.05, 0) is 31.0 Å². The second-order valence-electron chi connectivity index (χ2n) is 8.03. The summed E-state index contributed by atoms with van der Waals surface area (Å²) in [4.78, 5) is 28.5. The van der Waals surface area contributed by atoms with Gasteiger partial charge in [0.1, 0.15) is 11.4 Å². The minimum Gasteiger partial charge on any atom is -0.398 e. The molecule has 34 heavy (non-hydrogen) atoms. The van der Waals surface area contributed by atoms with E-state index in [0.717, 1.165) is 47.4 Å². The second-order valence-corrected chi connectivity index (χ2v) is 8.03. The van der Waals surface area contributed by atoms with E-state index in [1.807, 2.05) is 0 Å². The molecule has 0 unspecified atom stereocenters. The first-order chi connectivity index (χ1) is 16.1. The molecule has 0 saturated heterocycles. The molecule has 1 amide bonds. The van der Waals surface area contributed by atoms with Crippen LogP contribution in [0.5, 0.6) is 0 Å². The zero-order chi connectivity index (χ0) is 24.7. The molecule has 0 atom stereocenters. The summed E-state index contributed by atoms with van der Waals surface area (Å²) in [7, 11) is 0. The number of anilines is 1. The summed E-state index contributed by atoms with van der Waals surface area (Å²) in [6.07, 6.45) is 0.599. The van der Waals surface area contributed by atoms with Crippen LogP contribution in [-0.2, 0) is 18.0 Å². The van der Waals surface area contributed by atoms with Gasteiger partial charge in [0.15, 0.2) is 0 Å². The second kappa shape index (κ2) is 8.54. The van der Waals surface area contributed by atoms with Crippen molar-refractivity contribution in [2.45, 2.75) is 37.3 Å². The third-order valence-electron chi connectivity index (χ3n) is 5.88. The van der Waals surface area contributed by atoms with Gasteiger partial charge in [-0.2, -0.15) is 8.78 Å². The maximum absolute atomic E-state index is 15.0. The fourth-order valence-electron chi connectivity index (χ4n) is 3.72. The summed E-state index contributed by atoms with van der Waals surface area (Å²) in [6.45, 7) is -0.483. The Kier molecular flexibility index (Phi) is 5.88. The predicted octanol–water partition coefficient (Wildman–Crippen LogP) is 3.79. The van der Waals surface area contributed by atoms with Crippen LogP contribution in [0.4, 0.5) is 27.6 Å². The number of amides is 1. The van der Waals surface area contributed by atoms with Crippen LogP contribution in [0.25, 0.3) is 0 Å². The third-order valence-corrected chi connectivity index (χ3v) is 5.88. The van der Waals surface area contributed by atoms with Crippen LogP contribution in [-0.4, -0.2) is 21.9 Å². The SMILES string of the molecule is Nc1cc(=O)n(C2(C(F)F)CC2)cc1C(=O)NCc1cccc(C(F)(F)c2ccncc2)c1F. The minimum atomic E-state index is -3.65. The molecule has 1 saturated carbocycles. The van der Waals surface area contributed by atoms with Gasteiger partial charge in [0.25, 0.3) is 17.9 Å². The van der Waals surface area contributed by atoms with Crippen molar-refractivity contribution in [1.29, 1.82) is 0 Å². The van der Waals surface area contributed by atoms with Crippen LogP contribution in [0.1, 0.15) is 39.9 Å². The maximum atomic E-state index is 15.0. The number of halogens is 5. The van der Waals surface area contributed by atoms with Crippen molar-refractivity contribution in [3.8, 4) is 0 Å². The monoisotopic (exact) mass is 478 g/mol. The van der Waals surface area contributed by atoms with Crippen molar-refractivity contribution in [3.05, 3.63) is 93.4 Å². The Balaban J connectivity index is 1.58. The van der Waals surface area contributed by atoms with Crippen molar-refractivity contribution < 1.29 is 26.7 Å². The Morgan fingerprint density at radius 2 is 1.88 bits per heavy atom. The molecule has 1 aliphatic carbocycles. The molecule has 11 heteroatoms. The number of carbonyl (C=O) groups is 1. The van der Waals surface area contributed by atoms with Crippen molar-refractivity contribution in [3.63, 3.8) is 0 Å². The van der Waals surface area contributed by atoms with E-state index >= 15 is 0 Å². The molecule has 4 rings (SSSR count). The number of hydrogen-bond acceptors (Lipinski definition) is 4. The Hall–Kier alpha value is -3.76. The normalized spacial score (nSPS) is 14.8. The van der Waals surface area contributed by atoms with Gasteiger partial charge in [-0.1, -0.05) is 12.1 Å². The van der Waals surface area contributed by atoms with E-state index in [9.17, 15) is 31.5 Å². The summed E-state index contributed by atoms with van der Waals surface area (Å²) in [6, 6.07) is 6.39. The highest BCUT2D eigenvalue weighted by atomic mass is 19.3. The summed E-state index contributed by atoms with van der Waals surface area (Å²) in [5.74, 6) is -5.74. The van der Waals surface area contributed by atoms with E-state index in [1.54, 1.807) is 0 Å². The van der Waals surface area contributed by atoms with Gasteiger partial charge in [-0.15, -0.1) is 0 Å². The first kappa shape index (κ1) is 23.4. The van der Waals surface area contributed by atoms with Crippen LogP contribution < -0.4 is 16.6 Å². The highest BCUT2D eigenvalue weighted by Crippen LogP contribution is 2.47. The summed E-state index contributed by atoms with van der Waals surface area (Å²) in [5.41, 5.74) is 1.21. The van der Waals surface area contributed by atoms with Gasteiger partial charge < -0.3 is 15.6 Å². The van der Waals surface area contributed by atoms with Gasteiger partial charge in [-0.3, -0.25) is 14.6 Å². The first-order valence-electron chi connectivity index (χ1n) is 10.2. The largest absolute Gasteiger partial charge is 0.398 e. The molecule has 0 radical (unpaired) electrons. The number of rotatable bonds is 7. The fourth-order valence-corrected chi connectivity index (χ4v) is 3.72. The smallest absolute Gasteiger partial charge is 0.301 e. The van der Waals surface area contributed by atoms with E-state index in [1.165, 1.54) is 12.1 Å². The molecule has 178 valence electrons. The zero-order valence-corrected chi connectivity index (χ0v) is 17.6. The van der Waals surface area contributed by atoms with Crippen molar-refractivity contribution >= 4 is 11.6 Å². The lowest BCUT2D eigenvalue weighted by molar-refractivity contribution is 0.0386. The predicted molar refractivity (Wildman–Crippen MR) is 113 cm³/mol. The van der Waals surface area contributed by atoms with Crippen LogP contribution >= 0.6 is 0 Å². The topological polar surface area (TPSA) is 90.0 Å². The van der Waals surface area contributed by atoms with Crippen molar-refractivity contribution in [2.75, 3.05) is 5.73 Å². The summed E-state index contributed by atoms with van der Waals surface area (Å²) >= 11 is 0. The van der Waals surface area contributed by atoms with E-state index in [4.69, 9.17) is 5.73 Å². The summed E-state index contributed by atoms with van der Waals surface area (Å²) in [5, 5.41) is 2.35. The van der Waals surface area contributed by atoms with E-state index in [2.05, 4.69) is 10.3 Å². The van der Waals surface area contributed by atoms with Gasteiger partial charge in [-0.25, -0.2) is 13.2 Å². The number of benzene rings is 1. The average molecular weight is 478 g/mol. The molecule has 1 aliphatic rings. The molecule has 6 nitrogen and oxygen atoms in total. The fraction of sp³-hybridized carbons (Fsp3) is 0.261. The Labute approximate surface area is 190 Å². The van der Waals surface area contributed by atoms with Gasteiger partial charge in [0.2, 0.25) is 0 Å². The third kappa shape index (κ3) is 4.02. The molecular weight excluding hydrogens is 459 g/mol. The lowest BCUT2D eigenvalue weighted by Crippen LogP contribution is -2.37. The molecule has 2 aromatic heterocycles. The average Bonchev–Trinajstić information content (AvgIpc) is 3.61. The number of alkyl halides is 4. The number of nitrogens with zero attached hydrogens (tertiary/aromatic N) is 2. The van der Waals surface area contributed by atoms with Crippen molar-refractivity contribution in [1.82, 2.24) is 14.9 Å². The standard InChI is InChI=1S/C23H19F5N4O2/c24-19-13(2-1-3-16(19)23(27,28)14-4-8-30-9-5-14)11-31-20(34)15-12-32(18(33)10-17(15)29)22(6-7-22)21(25)26/h1-5,8-10,12,21H,6-7,11,29H2,(H,31,34). The molecule has 3 N–H and O–H groups in total. The van der Waals surface area contributed by atoms with E-state index in [0.29, 0.717) is 0 Å². The maximum Gasteiger partial charge on any atom is 0.301 e. The highest BCUT2D eigenvalue weighted by Gasteiger charge is 2.53. The molecule has 3 aromatic rings. The molecule has 0 aliphatic heterocycles. The number of aromatic nitrogens is 2. The molecule has 2 heterocycles. The summed E-state index contributed by atoms with van der Waals surface area (Å²) < 4.78 is 72.3. The number of carbonyl (C=O) groups excluding carboxylic acids is 1. The number of hydrogen-bond donors (Lipinski definition) is 2. The number of nitrogen functional groups attached to an aromatic ring is 1. The number of nitrogens with two attached hydrogens (primary N) is 1. The molecule has 1 aromatic carbocycles. The Morgan fingerprint density at radius 3 is 2.50 bits per heavy atom. The van der Waals surface area contributed by atoms with Crippen LogP contribution in [0.3, 0.4) is 0 Å². The van der Waals surface area contributed by atoms with Gasteiger partial charge in [0.05, 0.1) is 16.8 Å². The van der Waals surface area contributed by atoms with Crippen LogP contribution in [0.15, 0.2) is 59.8 Å². The minimum absolute atomic E-state index is 0.0687. The lowest BCUT2D eigenvalue weighted by Gasteiger charge is -2.20. The van der Waals surface area contributed by atoms with E-state index in [-0.39, 0.29) is 29.7 Å². The quantitative estimate of drug-likeness (QED) is 0.506. The lowest BCUT2D eigenvalue weighted by atomic mass is 9.98. The molecule has 0 spiro atoms. The number of pyridine rings is 2. The molecule has 1 fully saturated rings. The van der Waals surface area contributed by atoms with Crippen LogP contribution in [0.2, 0.25) is 0 Å². The van der Waals surface area contributed by atoms with Crippen LogP contribution in [0, 0.1) is 5.82 Å². The van der Waals surface area contributed by atoms with Crippen molar-refractivity contribution in [2.24, 2.45) is 0 Å². The van der Waals surface area contributed by atoms with Gasteiger partial charge in [0, 0.05) is 42.3 Å². The first-order valence-corrected chi connectivity index (χ1v) is 10.2. The Morgan fingerprint density at radius 1 is 1.21 bits per heavy atom. The van der Waals surface area contributed by atoms with E-state index < -0.39 is 52.8 Å². The number of nitrogens with one attached hydrogen (secondary N) is 1. The highest BCUT2D eigenvalue weighted by molar-refractivity contribution is 5.98. The molecular formula is C23H19F5N4O2. The Bertz CT molecular complexity index is 1290. The molecule has 0 bridgehead atoms. The zero-order valence-electron chi connectivity index (χ0n) is 17.6. The van der Waals surface area contributed by atoms with Gasteiger partial charge >= 0.3 is 5.92 Å².